The van der Waals surface area contributed by atoms with E-state index in [9.17, 15) is 0 Å². The fourth-order valence-electron chi connectivity index (χ4n) is 0.961. The largest absolute Gasteiger partial charge is 0.338 e. The summed E-state index contributed by atoms with van der Waals surface area (Å²) in [6.45, 7) is 3.12. The lowest BCUT2D eigenvalue weighted by Crippen LogP contribution is -2.78. The van der Waals surface area contributed by atoms with Gasteiger partial charge in [-0.3, -0.25) is 16.5 Å². The predicted molar refractivity (Wildman–Crippen MR) is 48.0 cm³/mol. The molecular formula is C8H20N3+. The molecule has 0 unspecified atom stereocenters. The summed E-state index contributed by atoms with van der Waals surface area (Å²) < 4.78 is 0. The van der Waals surface area contributed by atoms with Gasteiger partial charge < -0.3 is 0 Å². The van der Waals surface area contributed by atoms with Gasteiger partial charge in [0.25, 0.3) is 0 Å². The summed E-state index contributed by atoms with van der Waals surface area (Å²) in [5.41, 5.74) is 10.4. The minimum Gasteiger partial charge on any atom is -0.291 e. The molecule has 0 rings (SSSR count). The third kappa shape index (κ3) is 9.27. The third-order valence-electron chi connectivity index (χ3n) is 1.61. The van der Waals surface area contributed by atoms with Crippen LogP contribution in [0.4, 0.5) is 0 Å². The van der Waals surface area contributed by atoms with E-state index in [1.807, 2.05) is 0 Å². The first kappa shape index (κ1) is 10.3. The quantitative estimate of drug-likeness (QED) is 0.272. The lowest BCUT2D eigenvalue weighted by molar-refractivity contribution is -0.459. The first-order valence-corrected chi connectivity index (χ1v) is 4.39. The van der Waals surface area contributed by atoms with Gasteiger partial charge in [0, 0.05) is 0 Å². The van der Waals surface area contributed by atoms with Crippen LogP contribution < -0.4 is 16.5 Å². The number of rotatable bonds is 6. The van der Waals surface area contributed by atoms with Crippen LogP contribution in [0.1, 0.15) is 39.0 Å². The van der Waals surface area contributed by atoms with Crippen molar-refractivity contribution >= 4 is 5.96 Å². The Balaban J connectivity index is 2.97. The second-order valence-corrected chi connectivity index (χ2v) is 2.80. The van der Waals surface area contributed by atoms with Crippen molar-refractivity contribution in [1.29, 1.82) is 0 Å². The lowest BCUT2D eigenvalue weighted by atomic mass is 10.2. The second kappa shape index (κ2) is 7.38. The molecule has 0 bridgehead atoms. The molecule has 11 heavy (non-hydrogen) atoms. The fraction of sp³-hybridized carbons (Fsp3) is 0.875. The molecule has 0 radical (unpaired) electrons. The van der Waals surface area contributed by atoms with Crippen LogP contribution in [0.5, 0.6) is 0 Å². The average molecular weight is 158 g/mol. The molecule has 0 fully saturated rings. The smallest absolute Gasteiger partial charge is 0.291 e. The van der Waals surface area contributed by atoms with Gasteiger partial charge in [0.2, 0.25) is 0 Å². The fourth-order valence-corrected chi connectivity index (χ4v) is 0.961. The SMILES string of the molecule is CCCCCCC[NH+]=C(N)N. The first-order chi connectivity index (χ1) is 5.27. The summed E-state index contributed by atoms with van der Waals surface area (Å²) >= 11 is 0. The van der Waals surface area contributed by atoms with E-state index < -0.39 is 0 Å². The summed E-state index contributed by atoms with van der Waals surface area (Å²) in [6.07, 6.45) is 6.38. The molecule has 0 heterocycles. The van der Waals surface area contributed by atoms with Crippen molar-refractivity contribution in [1.82, 2.24) is 0 Å². The Morgan fingerprint density at radius 1 is 1.09 bits per heavy atom. The number of nitrogens with one attached hydrogen (secondary N) is 1. The molecule has 0 aromatic rings. The van der Waals surface area contributed by atoms with E-state index in [1.54, 1.807) is 0 Å². The van der Waals surface area contributed by atoms with Crippen molar-refractivity contribution in [2.24, 2.45) is 11.5 Å². The summed E-state index contributed by atoms with van der Waals surface area (Å²) in [6, 6.07) is 0. The van der Waals surface area contributed by atoms with Crippen LogP contribution >= 0.6 is 0 Å². The molecule has 0 amide bonds. The highest BCUT2D eigenvalue weighted by Gasteiger charge is 1.88. The minimum atomic E-state index is 0.334. The summed E-state index contributed by atoms with van der Waals surface area (Å²) in [5, 5.41) is 0. The maximum atomic E-state index is 5.22. The molecule has 3 nitrogen and oxygen atoms in total. The van der Waals surface area contributed by atoms with Gasteiger partial charge in [0.15, 0.2) is 0 Å². The molecule has 0 aliphatic rings. The highest BCUT2D eigenvalue weighted by molar-refractivity contribution is 5.69. The molecule has 3 heteroatoms. The standard InChI is InChI=1S/C8H19N3/c1-2-3-4-5-6-7-11-8(9)10/h2-7H2,1H3,(H4,9,10,11)/p+1. The second-order valence-electron chi connectivity index (χ2n) is 2.80. The van der Waals surface area contributed by atoms with E-state index in [0.717, 1.165) is 13.0 Å². The normalized spacial score (nSPS) is 9.55. The van der Waals surface area contributed by atoms with Gasteiger partial charge in [-0.1, -0.05) is 32.6 Å². The Hall–Kier alpha value is -0.730. The minimum absolute atomic E-state index is 0.334. The van der Waals surface area contributed by atoms with E-state index in [4.69, 9.17) is 11.5 Å². The van der Waals surface area contributed by atoms with Crippen LogP contribution in [-0.2, 0) is 0 Å². The van der Waals surface area contributed by atoms with Crippen LogP contribution in [0.3, 0.4) is 0 Å². The van der Waals surface area contributed by atoms with E-state index in [2.05, 4.69) is 11.9 Å². The molecule has 0 aliphatic carbocycles. The van der Waals surface area contributed by atoms with Crippen molar-refractivity contribution < 1.29 is 4.99 Å². The molecule has 5 N–H and O–H groups in total. The molecule has 0 saturated carbocycles. The molecule has 0 spiro atoms. The zero-order valence-electron chi connectivity index (χ0n) is 7.40. The van der Waals surface area contributed by atoms with Crippen LogP contribution in [0.25, 0.3) is 0 Å². The molecule has 0 aromatic heterocycles. The Bertz CT molecular complexity index is 106. The van der Waals surface area contributed by atoms with Crippen LogP contribution in [-0.4, -0.2) is 12.5 Å². The zero-order valence-corrected chi connectivity index (χ0v) is 7.40. The number of hydrogen-bond donors (Lipinski definition) is 3. The topological polar surface area (TPSA) is 66.0 Å². The van der Waals surface area contributed by atoms with Gasteiger partial charge in [-0.2, -0.15) is 0 Å². The third-order valence-corrected chi connectivity index (χ3v) is 1.61. The lowest BCUT2D eigenvalue weighted by Gasteiger charge is -1.95. The molecule has 66 valence electrons. The monoisotopic (exact) mass is 158 g/mol. The van der Waals surface area contributed by atoms with E-state index >= 15 is 0 Å². The maximum Gasteiger partial charge on any atom is 0.338 e. The Labute approximate surface area is 68.9 Å². The average Bonchev–Trinajstić information content (AvgIpc) is 1.96. The van der Waals surface area contributed by atoms with Crippen molar-refractivity contribution in [3.8, 4) is 0 Å². The Kier molecular flexibility index (Phi) is 6.89. The number of guanidine groups is 1. The first-order valence-electron chi connectivity index (χ1n) is 4.39. The van der Waals surface area contributed by atoms with Gasteiger partial charge in [0.05, 0.1) is 6.54 Å². The summed E-state index contributed by atoms with van der Waals surface area (Å²) in [7, 11) is 0. The number of hydrogen-bond acceptors (Lipinski definition) is 0. The van der Waals surface area contributed by atoms with Gasteiger partial charge in [-0.05, 0) is 6.42 Å². The van der Waals surface area contributed by atoms with Crippen LogP contribution in [0, 0.1) is 0 Å². The highest BCUT2D eigenvalue weighted by atomic mass is 15.0. The highest BCUT2D eigenvalue weighted by Crippen LogP contribution is 1.99. The molecule has 0 atom stereocenters. The van der Waals surface area contributed by atoms with E-state index in [1.165, 1.54) is 25.7 Å². The van der Waals surface area contributed by atoms with Crippen molar-refractivity contribution in [2.75, 3.05) is 6.54 Å². The van der Waals surface area contributed by atoms with E-state index in [-0.39, 0.29) is 0 Å². The van der Waals surface area contributed by atoms with Crippen LogP contribution in [0.2, 0.25) is 0 Å². The van der Waals surface area contributed by atoms with Crippen molar-refractivity contribution in [3.63, 3.8) is 0 Å². The van der Waals surface area contributed by atoms with Gasteiger partial charge in [-0.15, -0.1) is 0 Å². The van der Waals surface area contributed by atoms with Gasteiger partial charge in [-0.25, -0.2) is 0 Å². The summed E-state index contributed by atoms with van der Waals surface area (Å²) in [4.78, 5) is 2.89. The molecule has 0 aliphatic heterocycles. The maximum absolute atomic E-state index is 5.22. The Morgan fingerprint density at radius 2 is 1.73 bits per heavy atom. The van der Waals surface area contributed by atoms with Crippen molar-refractivity contribution in [3.05, 3.63) is 0 Å². The van der Waals surface area contributed by atoms with E-state index in [0.29, 0.717) is 5.96 Å². The van der Waals surface area contributed by atoms with Gasteiger partial charge >= 0.3 is 5.96 Å². The predicted octanol–water partition coefficient (Wildman–Crippen LogP) is -0.689. The van der Waals surface area contributed by atoms with Crippen LogP contribution in [0.15, 0.2) is 0 Å². The number of nitrogens with two attached hydrogens (primary N) is 2. The summed E-state index contributed by atoms with van der Waals surface area (Å²) in [5.74, 6) is 0.334. The zero-order chi connectivity index (χ0) is 8.53. The molecule has 0 saturated heterocycles. The Morgan fingerprint density at radius 3 is 2.27 bits per heavy atom. The van der Waals surface area contributed by atoms with Crippen molar-refractivity contribution in [2.45, 2.75) is 39.0 Å². The van der Waals surface area contributed by atoms with Gasteiger partial charge in [0.1, 0.15) is 0 Å². The molecular weight excluding hydrogens is 138 g/mol. The number of unbranched alkanes of at least 4 members (excludes halogenated alkanes) is 4. The molecule has 0 aromatic carbocycles.